The fourth-order valence-corrected chi connectivity index (χ4v) is 4.92. The molecule has 0 radical (unpaired) electrons. The van der Waals surface area contributed by atoms with Crippen LogP contribution in [0.25, 0.3) is 10.2 Å². The third-order valence-electron chi connectivity index (χ3n) is 4.25. The average molecular weight is 455 g/mol. The smallest absolute Gasteiger partial charge is 0.323 e. The lowest BCUT2D eigenvalue weighted by atomic mass is 10.3. The highest BCUT2D eigenvalue weighted by atomic mass is 32.2. The summed E-state index contributed by atoms with van der Waals surface area (Å²) in [5, 5.41) is 5.71. The molecule has 0 unspecified atom stereocenters. The van der Waals surface area contributed by atoms with E-state index in [4.69, 9.17) is 4.74 Å². The number of rotatable bonds is 6. The molecule has 2 amide bonds. The molecule has 3 N–H and O–H groups in total. The first kappa shape index (κ1) is 20.6. The first-order valence-electron chi connectivity index (χ1n) is 9.13. The Balaban J connectivity index is 1.48. The van der Waals surface area contributed by atoms with E-state index in [-0.39, 0.29) is 10.0 Å². The van der Waals surface area contributed by atoms with E-state index in [9.17, 15) is 13.2 Å². The van der Waals surface area contributed by atoms with Crippen molar-refractivity contribution in [2.24, 2.45) is 0 Å². The molecular weight excluding hydrogens is 436 g/mol. The highest BCUT2D eigenvalue weighted by Gasteiger charge is 2.16. The van der Waals surface area contributed by atoms with Crippen molar-refractivity contribution in [1.29, 1.82) is 0 Å². The lowest BCUT2D eigenvalue weighted by Crippen LogP contribution is -2.19. The molecule has 0 fully saturated rings. The van der Waals surface area contributed by atoms with Gasteiger partial charge in [0.05, 0.1) is 22.2 Å². The van der Waals surface area contributed by atoms with Gasteiger partial charge in [0.15, 0.2) is 5.13 Å². The molecule has 10 heteroatoms. The Morgan fingerprint density at radius 3 is 2.42 bits per heavy atom. The summed E-state index contributed by atoms with van der Waals surface area (Å²) in [6.07, 6.45) is 0. The van der Waals surface area contributed by atoms with Gasteiger partial charge in [-0.25, -0.2) is 18.2 Å². The van der Waals surface area contributed by atoms with Crippen molar-refractivity contribution in [2.45, 2.75) is 4.90 Å². The van der Waals surface area contributed by atoms with Crippen molar-refractivity contribution < 1.29 is 17.9 Å². The largest absolute Gasteiger partial charge is 0.497 e. The minimum absolute atomic E-state index is 0.158. The van der Waals surface area contributed by atoms with Crippen LogP contribution in [0.1, 0.15) is 0 Å². The Bertz CT molecular complexity index is 1340. The topological polar surface area (TPSA) is 109 Å². The van der Waals surface area contributed by atoms with Crippen LogP contribution in [0.4, 0.5) is 21.3 Å². The Kier molecular flexibility index (Phi) is 5.74. The number of thiazole rings is 1. The molecule has 0 atom stereocenters. The molecule has 1 heterocycles. The number of ether oxygens (including phenoxy) is 1. The lowest BCUT2D eigenvalue weighted by molar-refractivity contribution is 0.262. The predicted octanol–water partition coefficient (Wildman–Crippen LogP) is 4.75. The Hall–Kier alpha value is -3.63. The molecule has 0 saturated carbocycles. The summed E-state index contributed by atoms with van der Waals surface area (Å²) < 4.78 is 33.4. The molecule has 4 rings (SSSR count). The summed E-state index contributed by atoms with van der Waals surface area (Å²) in [5.41, 5.74) is 1.68. The Morgan fingerprint density at radius 2 is 1.68 bits per heavy atom. The zero-order chi connectivity index (χ0) is 21.8. The number of urea groups is 1. The van der Waals surface area contributed by atoms with E-state index in [1.54, 1.807) is 67.8 Å². The van der Waals surface area contributed by atoms with Gasteiger partial charge in [-0.3, -0.25) is 4.72 Å². The van der Waals surface area contributed by atoms with Gasteiger partial charge in [0, 0.05) is 17.4 Å². The average Bonchev–Trinajstić information content (AvgIpc) is 3.15. The summed E-state index contributed by atoms with van der Waals surface area (Å²) >= 11 is 1.21. The van der Waals surface area contributed by atoms with E-state index in [0.717, 1.165) is 4.70 Å². The standard InChI is InChI=1S/C21H18N4O4S2/c1-29-16-7-5-6-14(12-16)22-20(26)23-15-10-11-19-18(13-15)24-21(30-19)25-31(27,28)17-8-3-2-4-9-17/h2-13H,1H3,(H,24,25)(H2,22,23,26). The number of sulfonamides is 1. The number of carbonyl (C=O) groups excluding carboxylic acids is 1. The number of methoxy groups -OCH3 is 1. The molecule has 0 aliphatic heterocycles. The second-order valence-corrected chi connectivity index (χ2v) is 9.14. The molecule has 8 nitrogen and oxygen atoms in total. The Morgan fingerprint density at radius 1 is 0.935 bits per heavy atom. The molecule has 0 spiro atoms. The molecule has 31 heavy (non-hydrogen) atoms. The molecule has 4 aromatic rings. The van der Waals surface area contributed by atoms with E-state index in [0.29, 0.717) is 22.6 Å². The molecule has 0 aliphatic rings. The van der Waals surface area contributed by atoms with Crippen molar-refractivity contribution in [1.82, 2.24) is 4.98 Å². The van der Waals surface area contributed by atoms with Gasteiger partial charge in [-0.15, -0.1) is 0 Å². The number of carbonyl (C=O) groups is 1. The normalized spacial score (nSPS) is 11.1. The number of hydrogen-bond donors (Lipinski definition) is 3. The Labute approximate surface area is 183 Å². The van der Waals surface area contributed by atoms with Crippen LogP contribution in [0.3, 0.4) is 0 Å². The maximum absolute atomic E-state index is 12.5. The quantitative estimate of drug-likeness (QED) is 0.389. The SMILES string of the molecule is COc1cccc(NC(=O)Nc2ccc3sc(NS(=O)(=O)c4ccccc4)nc3c2)c1. The third-order valence-corrected chi connectivity index (χ3v) is 6.68. The van der Waals surface area contributed by atoms with Gasteiger partial charge in [-0.05, 0) is 42.5 Å². The maximum atomic E-state index is 12.5. The molecule has 0 saturated heterocycles. The zero-order valence-corrected chi connectivity index (χ0v) is 18.0. The number of hydrogen-bond acceptors (Lipinski definition) is 6. The second kappa shape index (κ2) is 8.62. The number of benzene rings is 3. The summed E-state index contributed by atoms with van der Waals surface area (Å²) in [7, 11) is -2.17. The summed E-state index contributed by atoms with van der Waals surface area (Å²) in [6, 6.07) is 19.8. The van der Waals surface area contributed by atoms with Gasteiger partial charge in [-0.1, -0.05) is 35.6 Å². The summed E-state index contributed by atoms with van der Waals surface area (Å²) in [4.78, 5) is 16.8. The number of nitrogens with one attached hydrogen (secondary N) is 3. The molecule has 0 aliphatic carbocycles. The second-order valence-electron chi connectivity index (χ2n) is 6.43. The van der Waals surface area contributed by atoms with Gasteiger partial charge < -0.3 is 15.4 Å². The molecule has 1 aromatic heterocycles. The van der Waals surface area contributed by atoms with Crippen LogP contribution in [0.2, 0.25) is 0 Å². The molecule has 3 aromatic carbocycles. The lowest BCUT2D eigenvalue weighted by Gasteiger charge is -2.08. The van der Waals surface area contributed by atoms with Crippen LogP contribution >= 0.6 is 11.3 Å². The zero-order valence-electron chi connectivity index (χ0n) is 16.3. The van der Waals surface area contributed by atoms with Crippen LogP contribution < -0.4 is 20.1 Å². The van der Waals surface area contributed by atoms with Crippen LogP contribution in [0, 0.1) is 0 Å². The number of nitrogens with zero attached hydrogens (tertiary/aromatic N) is 1. The first-order chi connectivity index (χ1) is 14.9. The van der Waals surface area contributed by atoms with Crippen molar-refractivity contribution in [3.05, 3.63) is 72.8 Å². The number of anilines is 3. The van der Waals surface area contributed by atoms with Gasteiger partial charge in [-0.2, -0.15) is 0 Å². The molecule has 0 bridgehead atoms. The third kappa shape index (κ3) is 4.93. The summed E-state index contributed by atoms with van der Waals surface area (Å²) in [5.74, 6) is 0.632. The molecular formula is C21H18N4O4S2. The van der Waals surface area contributed by atoms with Gasteiger partial charge in [0.25, 0.3) is 10.0 Å². The van der Waals surface area contributed by atoms with Crippen molar-refractivity contribution in [3.63, 3.8) is 0 Å². The van der Waals surface area contributed by atoms with Crippen LogP contribution in [0.15, 0.2) is 77.7 Å². The molecule has 158 valence electrons. The fourth-order valence-electron chi connectivity index (χ4n) is 2.82. The van der Waals surface area contributed by atoms with E-state index in [2.05, 4.69) is 20.3 Å². The minimum Gasteiger partial charge on any atom is -0.497 e. The highest BCUT2D eigenvalue weighted by molar-refractivity contribution is 7.93. The summed E-state index contributed by atoms with van der Waals surface area (Å²) in [6.45, 7) is 0. The van der Waals surface area contributed by atoms with Crippen LogP contribution in [-0.4, -0.2) is 26.5 Å². The van der Waals surface area contributed by atoms with Gasteiger partial charge in [0.1, 0.15) is 5.75 Å². The van der Waals surface area contributed by atoms with E-state index in [1.807, 2.05) is 0 Å². The fraction of sp³-hybridized carbons (Fsp3) is 0.0476. The van der Waals surface area contributed by atoms with E-state index < -0.39 is 16.1 Å². The number of fused-ring (bicyclic) bond motifs is 1. The predicted molar refractivity (Wildman–Crippen MR) is 123 cm³/mol. The van der Waals surface area contributed by atoms with Crippen molar-refractivity contribution >= 4 is 54.1 Å². The highest BCUT2D eigenvalue weighted by Crippen LogP contribution is 2.29. The monoisotopic (exact) mass is 454 g/mol. The van der Waals surface area contributed by atoms with Crippen LogP contribution in [0.5, 0.6) is 5.75 Å². The van der Waals surface area contributed by atoms with Gasteiger partial charge >= 0.3 is 6.03 Å². The maximum Gasteiger partial charge on any atom is 0.323 e. The van der Waals surface area contributed by atoms with Crippen molar-refractivity contribution in [3.8, 4) is 5.75 Å². The van der Waals surface area contributed by atoms with Crippen molar-refractivity contribution in [2.75, 3.05) is 22.5 Å². The first-order valence-corrected chi connectivity index (χ1v) is 11.4. The van der Waals surface area contributed by atoms with Crippen LogP contribution in [-0.2, 0) is 10.0 Å². The number of aromatic nitrogens is 1. The number of amides is 2. The minimum atomic E-state index is -3.72. The van der Waals surface area contributed by atoms with E-state index >= 15 is 0 Å². The van der Waals surface area contributed by atoms with Gasteiger partial charge in [0.2, 0.25) is 0 Å². The van der Waals surface area contributed by atoms with E-state index in [1.165, 1.54) is 23.5 Å².